The second-order valence-electron chi connectivity index (χ2n) is 3.62. The van der Waals surface area contributed by atoms with Crippen molar-refractivity contribution < 1.29 is 22.4 Å². The Hall–Kier alpha value is -1.67. The van der Waals surface area contributed by atoms with Gasteiger partial charge < -0.3 is 20.9 Å². The highest BCUT2D eigenvalue weighted by molar-refractivity contribution is 7.85. The standard InChI is InChI=1S/C10H16N2O5S/c1-16-9-5-7(11)8(12)6-10(9)17-3-2-4-18(13,14)15/h5-6H,2-4,11-12H2,1H3,(H,13,14,15). The third kappa shape index (κ3) is 4.30. The normalized spacial score (nSPS) is 11.2. The van der Waals surface area contributed by atoms with Gasteiger partial charge in [0.1, 0.15) is 0 Å². The van der Waals surface area contributed by atoms with Crippen molar-refractivity contribution in [3.63, 3.8) is 0 Å². The number of methoxy groups -OCH3 is 1. The maximum atomic E-state index is 10.5. The van der Waals surface area contributed by atoms with Crippen LogP contribution in [0.1, 0.15) is 6.42 Å². The van der Waals surface area contributed by atoms with Crippen LogP contribution in [0.2, 0.25) is 0 Å². The van der Waals surface area contributed by atoms with Gasteiger partial charge in [0.05, 0.1) is 30.8 Å². The van der Waals surface area contributed by atoms with E-state index in [1.54, 1.807) is 0 Å². The number of nitrogens with two attached hydrogens (primary N) is 2. The second kappa shape index (κ2) is 5.78. The Balaban J connectivity index is 2.64. The Morgan fingerprint density at radius 1 is 1.22 bits per heavy atom. The van der Waals surface area contributed by atoms with Crippen LogP contribution in [0, 0.1) is 0 Å². The lowest BCUT2D eigenvalue weighted by Gasteiger charge is -2.12. The monoisotopic (exact) mass is 276 g/mol. The van der Waals surface area contributed by atoms with Gasteiger partial charge in [0, 0.05) is 12.1 Å². The van der Waals surface area contributed by atoms with E-state index in [1.807, 2.05) is 0 Å². The van der Waals surface area contributed by atoms with Crippen molar-refractivity contribution in [3.05, 3.63) is 12.1 Å². The first-order chi connectivity index (χ1) is 8.33. The summed E-state index contributed by atoms with van der Waals surface area (Å²) < 4.78 is 39.9. The summed E-state index contributed by atoms with van der Waals surface area (Å²) in [6.45, 7) is 0.111. The maximum absolute atomic E-state index is 10.5. The van der Waals surface area contributed by atoms with E-state index >= 15 is 0 Å². The molecule has 0 saturated carbocycles. The summed E-state index contributed by atoms with van der Waals surface area (Å²) in [6.07, 6.45) is 0.159. The van der Waals surface area contributed by atoms with Crippen LogP contribution >= 0.6 is 0 Å². The van der Waals surface area contributed by atoms with E-state index < -0.39 is 10.1 Å². The van der Waals surface area contributed by atoms with Crippen molar-refractivity contribution in [2.75, 3.05) is 30.9 Å². The van der Waals surface area contributed by atoms with E-state index in [4.69, 9.17) is 25.5 Å². The van der Waals surface area contributed by atoms with Crippen LogP contribution in [0.5, 0.6) is 11.5 Å². The third-order valence-electron chi connectivity index (χ3n) is 2.17. The fraction of sp³-hybridized carbons (Fsp3) is 0.400. The highest BCUT2D eigenvalue weighted by atomic mass is 32.2. The molecule has 1 aromatic carbocycles. The predicted molar refractivity (Wildman–Crippen MR) is 68.3 cm³/mol. The van der Waals surface area contributed by atoms with Crippen LogP contribution < -0.4 is 20.9 Å². The maximum Gasteiger partial charge on any atom is 0.264 e. The molecule has 5 N–H and O–H groups in total. The van der Waals surface area contributed by atoms with E-state index in [9.17, 15) is 8.42 Å². The average Bonchev–Trinajstić information content (AvgIpc) is 2.27. The first-order valence-electron chi connectivity index (χ1n) is 5.14. The Bertz CT molecular complexity index is 515. The molecule has 1 rings (SSSR count). The van der Waals surface area contributed by atoms with Crippen molar-refractivity contribution in [2.24, 2.45) is 0 Å². The zero-order chi connectivity index (χ0) is 13.8. The van der Waals surface area contributed by atoms with Crippen LogP contribution in [-0.4, -0.2) is 32.4 Å². The molecular formula is C10H16N2O5S. The second-order valence-corrected chi connectivity index (χ2v) is 5.19. The van der Waals surface area contributed by atoms with Gasteiger partial charge in [0.2, 0.25) is 0 Å². The van der Waals surface area contributed by atoms with Gasteiger partial charge in [-0.2, -0.15) is 8.42 Å². The molecule has 0 aliphatic carbocycles. The van der Waals surface area contributed by atoms with Crippen LogP contribution in [0.25, 0.3) is 0 Å². The highest BCUT2D eigenvalue weighted by Gasteiger charge is 2.09. The quantitative estimate of drug-likeness (QED) is 0.393. The van der Waals surface area contributed by atoms with Gasteiger partial charge in [-0.3, -0.25) is 4.55 Å². The first-order valence-corrected chi connectivity index (χ1v) is 6.75. The smallest absolute Gasteiger partial charge is 0.264 e. The summed E-state index contributed by atoms with van der Waals surface area (Å²) in [4.78, 5) is 0. The van der Waals surface area contributed by atoms with Crippen LogP contribution in [0.15, 0.2) is 12.1 Å². The summed E-state index contributed by atoms with van der Waals surface area (Å²) in [5, 5.41) is 0. The van der Waals surface area contributed by atoms with E-state index in [0.717, 1.165) is 0 Å². The van der Waals surface area contributed by atoms with E-state index in [1.165, 1.54) is 19.2 Å². The molecule has 0 aliphatic heterocycles. The van der Waals surface area contributed by atoms with Gasteiger partial charge in [0.15, 0.2) is 11.5 Å². The molecular weight excluding hydrogens is 260 g/mol. The van der Waals surface area contributed by atoms with Crippen molar-refractivity contribution in [3.8, 4) is 11.5 Å². The molecule has 7 nitrogen and oxygen atoms in total. The average molecular weight is 276 g/mol. The summed E-state index contributed by atoms with van der Waals surface area (Å²) >= 11 is 0. The minimum absolute atomic E-state index is 0.111. The van der Waals surface area contributed by atoms with Gasteiger partial charge >= 0.3 is 0 Å². The molecule has 8 heteroatoms. The topological polar surface area (TPSA) is 125 Å². The highest BCUT2D eigenvalue weighted by Crippen LogP contribution is 2.33. The number of hydrogen-bond donors (Lipinski definition) is 3. The number of nitrogen functional groups attached to an aromatic ring is 2. The van der Waals surface area contributed by atoms with Gasteiger partial charge in [0.25, 0.3) is 10.1 Å². The number of benzene rings is 1. The Morgan fingerprint density at radius 3 is 2.28 bits per heavy atom. The lowest BCUT2D eigenvalue weighted by molar-refractivity contribution is 0.294. The van der Waals surface area contributed by atoms with Crippen molar-refractivity contribution in [1.82, 2.24) is 0 Å². The molecule has 0 unspecified atom stereocenters. The summed E-state index contributed by atoms with van der Waals surface area (Å²) in [5.41, 5.74) is 11.9. The lowest BCUT2D eigenvalue weighted by Crippen LogP contribution is -2.09. The molecule has 0 aromatic heterocycles. The molecule has 0 heterocycles. The first kappa shape index (κ1) is 14.4. The number of anilines is 2. The van der Waals surface area contributed by atoms with Crippen LogP contribution in [0.4, 0.5) is 11.4 Å². The fourth-order valence-corrected chi connectivity index (χ4v) is 1.77. The van der Waals surface area contributed by atoms with Crippen LogP contribution in [0.3, 0.4) is 0 Å². The SMILES string of the molecule is COc1cc(N)c(N)cc1OCCCS(=O)(=O)O. The Labute approximate surface area is 105 Å². The number of hydrogen-bond acceptors (Lipinski definition) is 6. The van der Waals surface area contributed by atoms with Gasteiger partial charge in [-0.25, -0.2) is 0 Å². The predicted octanol–water partition coefficient (Wildman–Crippen LogP) is 0.516. The molecule has 0 bridgehead atoms. The molecule has 0 amide bonds. The molecule has 0 radical (unpaired) electrons. The molecule has 0 saturated heterocycles. The van der Waals surface area contributed by atoms with Gasteiger partial charge in [-0.1, -0.05) is 0 Å². The molecule has 1 aromatic rings. The Morgan fingerprint density at radius 2 is 1.78 bits per heavy atom. The van der Waals surface area contributed by atoms with Crippen molar-refractivity contribution in [2.45, 2.75) is 6.42 Å². The molecule has 0 atom stereocenters. The zero-order valence-electron chi connectivity index (χ0n) is 9.92. The third-order valence-corrected chi connectivity index (χ3v) is 2.98. The number of rotatable bonds is 6. The summed E-state index contributed by atoms with van der Waals surface area (Å²) in [5.74, 6) is 0.424. The van der Waals surface area contributed by atoms with E-state index in [-0.39, 0.29) is 18.8 Å². The van der Waals surface area contributed by atoms with Gasteiger partial charge in [-0.05, 0) is 6.42 Å². The van der Waals surface area contributed by atoms with Crippen molar-refractivity contribution in [1.29, 1.82) is 0 Å². The molecule has 18 heavy (non-hydrogen) atoms. The summed E-state index contributed by atoms with van der Waals surface area (Å²) in [6, 6.07) is 3.02. The number of ether oxygens (including phenoxy) is 2. The minimum atomic E-state index is -3.97. The van der Waals surface area contributed by atoms with Gasteiger partial charge in [-0.15, -0.1) is 0 Å². The molecule has 0 aliphatic rings. The molecule has 0 fully saturated rings. The largest absolute Gasteiger partial charge is 0.493 e. The lowest BCUT2D eigenvalue weighted by atomic mass is 10.2. The minimum Gasteiger partial charge on any atom is -0.493 e. The van der Waals surface area contributed by atoms with E-state index in [2.05, 4.69) is 0 Å². The molecule has 0 spiro atoms. The fourth-order valence-electron chi connectivity index (χ4n) is 1.29. The van der Waals surface area contributed by atoms with E-state index in [0.29, 0.717) is 22.9 Å². The van der Waals surface area contributed by atoms with Crippen LogP contribution in [-0.2, 0) is 10.1 Å². The Kier molecular flexibility index (Phi) is 4.62. The zero-order valence-corrected chi connectivity index (χ0v) is 10.7. The summed E-state index contributed by atoms with van der Waals surface area (Å²) in [7, 11) is -2.51. The van der Waals surface area contributed by atoms with Crippen molar-refractivity contribution >= 4 is 21.5 Å². The molecule has 102 valence electrons.